The molecule has 1 fully saturated rings. The molecule has 5 heteroatoms. The molecule has 0 unspecified atom stereocenters. The number of ether oxygens (including phenoxy) is 1. The van der Waals surface area contributed by atoms with E-state index in [0.29, 0.717) is 6.54 Å². The van der Waals surface area contributed by atoms with Gasteiger partial charge >= 0.3 is 0 Å². The summed E-state index contributed by atoms with van der Waals surface area (Å²) in [6.45, 7) is 5.14. The number of hydrogen-bond acceptors (Lipinski definition) is 3. The first-order chi connectivity index (χ1) is 11.5. The number of piperidine rings is 1. The molecule has 1 aromatic carbocycles. The van der Waals surface area contributed by atoms with E-state index in [0.717, 1.165) is 36.2 Å². The summed E-state index contributed by atoms with van der Waals surface area (Å²) >= 11 is 0. The minimum Gasteiger partial charge on any atom is -0.369 e. The summed E-state index contributed by atoms with van der Waals surface area (Å²) in [6, 6.07) is 10.3. The molecule has 0 spiro atoms. The Morgan fingerprint density at radius 2 is 2.08 bits per heavy atom. The summed E-state index contributed by atoms with van der Waals surface area (Å²) in [5, 5.41) is 7.42. The lowest BCUT2D eigenvalue weighted by molar-refractivity contribution is -0.152. The predicted octanol–water partition coefficient (Wildman–Crippen LogP) is 3.21. The van der Waals surface area contributed by atoms with Crippen LogP contribution >= 0.6 is 0 Å². The number of H-pyrrole nitrogens is 1. The van der Waals surface area contributed by atoms with Crippen molar-refractivity contribution in [2.45, 2.75) is 38.2 Å². The minimum absolute atomic E-state index is 0.0514. The van der Waals surface area contributed by atoms with E-state index >= 15 is 0 Å². The number of aromatic nitrogens is 2. The third-order valence-corrected chi connectivity index (χ3v) is 4.90. The number of methoxy groups -OCH3 is 1. The molecule has 1 N–H and O–H groups in total. The first kappa shape index (κ1) is 16.7. The Bertz CT molecular complexity index is 694. The van der Waals surface area contributed by atoms with Crippen LogP contribution in [0.3, 0.4) is 0 Å². The highest BCUT2D eigenvalue weighted by atomic mass is 16.5. The summed E-state index contributed by atoms with van der Waals surface area (Å²) in [5.74, 6) is 0.323. The van der Waals surface area contributed by atoms with Crippen LogP contribution in [-0.2, 0) is 9.53 Å². The van der Waals surface area contributed by atoms with E-state index in [4.69, 9.17) is 4.74 Å². The van der Waals surface area contributed by atoms with Gasteiger partial charge in [-0.15, -0.1) is 0 Å². The molecule has 128 valence electrons. The average molecular weight is 327 g/mol. The normalized spacial score (nSPS) is 18.6. The molecule has 2 aromatic rings. The maximum atomic E-state index is 12.7. The zero-order valence-electron chi connectivity index (χ0n) is 14.6. The summed E-state index contributed by atoms with van der Waals surface area (Å²) in [7, 11) is 1.59. The number of benzene rings is 1. The van der Waals surface area contributed by atoms with Gasteiger partial charge in [-0.25, -0.2) is 0 Å². The molecular formula is C19H25N3O2. The van der Waals surface area contributed by atoms with Gasteiger partial charge in [0.05, 0.1) is 6.20 Å². The highest BCUT2D eigenvalue weighted by Gasteiger charge is 2.35. The second kappa shape index (κ2) is 6.77. The molecular weight excluding hydrogens is 302 g/mol. The summed E-state index contributed by atoms with van der Waals surface area (Å²) < 4.78 is 5.36. The molecule has 0 aliphatic carbocycles. The number of amides is 1. The van der Waals surface area contributed by atoms with E-state index in [-0.39, 0.29) is 11.8 Å². The van der Waals surface area contributed by atoms with Gasteiger partial charge in [0.2, 0.25) is 0 Å². The number of hydrogen-bond donors (Lipinski definition) is 1. The van der Waals surface area contributed by atoms with Gasteiger partial charge in [-0.1, -0.05) is 30.3 Å². The van der Waals surface area contributed by atoms with Crippen LogP contribution in [0.15, 0.2) is 36.5 Å². The van der Waals surface area contributed by atoms with Crippen molar-refractivity contribution in [3.63, 3.8) is 0 Å². The maximum Gasteiger partial charge on any atom is 0.254 e. The molecule has 24 heavy (non-hydrogen) atoms. The fourth-order valence-electron chi connectivity index (χ4n) is 3.32. The third kappa shape index (κ3) is 3.22. The van der Waals surface area contributed by atoms with E-state index in [1.807, 2.05) is 43.1 Å². The second-order valence-corrected chi connectivity index (χ2v) is 6.87. The van der Waals surface area contributed by atoms with Crippen molar-refractivity contribution in [1.82, 2.24) is 15.1 Å². The van der Waals surface area contributed by atoms with Gasteiger partial charge in [-0.3, -0.25) is 9.89 Å². The monoisotopic (exact) mass is 327 g/mol. The number of nitrogens with zero attached hydrogens (tertiary/aromatic N) is 2. The van der Waals surface area contributed by atoms with Crippen molar-refractivity contribution >= 4 is 5.91 Å². The number of carbonyl (C=O) groups is 1. The molecule has 1 saturated heterocycles. The largest absolute Gasteiger partial charge is 0.369 e. The van der Waals surface area contributed by atoms with Crippen LogP contribution < -0.4 is 0 Å². The van der Waals surface area contributed by atoms with E-state index in [9.17, 15) is 4.79 Å². The molecule has 3 rings (SSSR count). The van der Waals surface area contributed by atoms with Crippen LogP contribution in [0.5, 0.6) is 0 Å². The molecule has 0 saturated carbocycles. The fourth-order valence-corrected chi connectivity index (χ4v) is 3.32. The summed E-state index contributed by atoms with van der Waals surface area (Å²) in [5.41, 5.74) is 2.62. The van der Waals surface area contributed by atoms with E-state index in [2.05, 4.69) is 22.3 Å². The lowest BCUT2D eigenvalue weighted by atomic mass is 9.90. The first-order valence-electron chi connectivity index (χ1n) is 8.46. The lowest BCUT2D eigenvalue weighted by Crippen LogP contribution is -2.49. The molecule has 1 aliphatic rings. The molecule has 0 bridgehead atoms. The van der Waals surface area contributed by atoms with Crippen molar-refractivity contribution in [3.05, 3.63) is 42.2 Å². The molecule has 1 amide bonds. The molecule has 1 aliphatic heterocycles. The van der Waals surface area contributed by atoms with E-state index < -0.39 is 5.60 Å². The SMILES string of the molecule is COC(C)(C)C(=O)N1CCC[C@H](c2[nH]ncc2-c2ccccc2)C1. The van der Waals surface area contributed by atoms with Gasteiger partial charge in [-0.2, -0.15) is 5.10 Å². The maximum absolute atomic E-state index is 12.7. The average Bonchev–Trinajstić information content (AvgIpc) is 3.11. The molecule has 5 nitrogen and oxygen atoms in total. The Hall–Kier alpha value is -2.14. The minimum atomic E-state index is -0.780. The first-order valence-corrected chi connectivity index (χ1v) is 8.46. The van der Waals surface area contributed by atoms with Gasteiger partial charge in [0.15, 0.2) is 0 Å². The van der Waals surface area contributed by atoms with Crippen LogP contribution in [0.25, 0.3) is 11.1 Å². The fraction of sp³-hybridized carbons (Fsp3) is 0.474. The number of aromatic amines is 1. The highest BCUT2D eigenvalue weighted by Crippen LogP contribution is 2.33. The van der Waals surface area contributed by atoms with Crippen LogP contribution in [0, 0.1) is 0 Å². The Morgan fingerprint density at radius 3 is 2.79 bits per heavy atom. The molecule has 1 atom stereocenters. The molecule has 1 aromatic heterocycles. The Morgan fingerprint density at radius 1 is 1.33 bits per heavy atom. The van der Waals surface area contributed by atoms with Crippen molar-refractivity contribution in [1.29, 1.82) is 0 Å². The lowest BCUT2D eigenvalue weighted by Gasteiger charge is -2.37. The predicted molar refractivity (Wildman–Crippen MR) is 93.7 cm³/mol. The number of carbonyl (C=O) groups excluding carboxylic acids is 1. The van der Waals surface area contributed by atoms with Crippen molar-refractivity contribution in [2.75, 3.05) is 20.2 Å². The zero-order chi connectivity index (χ0) is 17.2. The van der Waals surface area contributed by atoms with E-state index in [1.165, 1.54) is 0 Å². The van der Waals surface area contributed by atoms with Gasteiger partial charge in [0.25, 0.3) is 5.91 Å². The Balaban J connectivity index is 1.82. The van der Waals surface area contributed by atoms with Crippen LogP contribution in [0.1, 0.15) is 38.3 Å². The smallest absolute Gasteiger partial charge is 0.254 e. The Kier molecular flexibility index (Phi) is 4.71. The summed E-state index contributed by atoms with van der Waals surface area (Å²) in [6.07, 6.45) is 3.92. The topological polar surface area (TPSA) is 58.2 Å². The van der Waals surface area contributed by atoms with Gasteiger partial charge in [0, 0.05) is 37.4 Å². The van der Waals surface area contributed by atoms with Crippen LogP contribution in [0.4, 0.5) is 0 Å². The van der Waals surface area contributed by atoms with Gasteiger partial charge in [-0.05, 0) is 32.3 Å². The third-order valence-electron chi connectivity index (χ3n) is 4.90. The number of nitrogens with one attached hydrogen (secondary N) is 1. The Labute approximate surface area is 143 Å². The summed E-state index contributed by atoms with van der Waals surface area (Å²) in [4.78, 5) is 14.6. The van der Waals surface area contributed by atoms with Gasteiger partial charge in [0.1, 0.15) is 5.60 Å². The van der Waals surface area contributed by atoms with Crippen LogP contribution in [0.2, 0.25) is 0 Å². The molecule has 2 heterocycles. The molecule has 0 radical (unpaired) electrons. The highest BCUT2D eigenvalue weighted by molar-refractivity contribution is 5.84. The van der Waals surface area contributed by atoms with Gasteiger partial charge < -0.3 is 9.64 Å². The zero-order valence-corrected chi connectivity index (χ0v) is 14.6. The number of likely N-dealkylation sites (tertiary alicyclic amines) is 1. The standard InChI is InChI=1S/C19H25N3O2/c1-19(2,24-3)18(23)22-11-7-10-15(13-22)17-16(12-20-21-17)14-8-5-4-6-9-14/h4-6,8-9,12,15H,7,10-11,13H2,1-3H3,(H,20,21)/t15-/m0/s1. The van der Waals surface area contributed by atoms with Crippen LogP contribution in [-0.4, -0.2) is 46.8 Å². The van der Waals surface area contributed by atoms with Crippen molar-refractivity contribution in [3.8, 4) is 11.1 Å². The van der Waals surface area contributed by atoms with E-state index in [1.54, 1.807) is 7.11 Å². The second-order valence-electron chi connectivity index (χ2n) is 6.87. The quantitative estimate of drug-likeness (QED) is 0.938. The number of rotatable bonds is 4. The van der Waals surface area contributed by atoms with Crippen molar-refractivity contribution < 1.29 is 9.53 Å². The van der Waals surface area contributed by atoms with Crippen molar-refractivity contribution in [2.24, 2.45) is 0 Å².